The highest BCUT2D eigenvalue weighted by atomic mass is 35.5. The van der Waals surface area contributed by atoms with E-state index >= 15 is 0 Å². The average molecular weight is 224 g/mol. The number of hydrogen-bond donors (Lipinski definition) is 3. The SMILES string of the molecule is Cc1c(Cl)cc(O)c2nc(NN)ccc12. The van der Waals surface area contributed by atoms with Gasteiger partial charge in [0.05, 0.1) is 0 Å². The third kappa shape index (κ3) is 1.58. The van der Waals surface area contributed by atoms with Crippen molar-refractivity contribution in [1.82, 2.24) is 4.98 Å². The average Bonchev–Trinajstić information content (AvgIpc) is 2.25. The van der Waals surface area contributed by atoms with Crippen molar-refractivity contribution < 1.29 is 5.11 Å². The molecule has 0 radical (unpaired) electrons. The zero-order chi connectivity index (χ0) is 11.0. The molecule has 2 rings (SSSR count). The summed E-state index contributed by atoms with van der Waals surface area (Å²) in [4.78, 5) is 4.15. The number of benzene rings is 1. The number of aromatic hydroxyl groups is 1. The lowest BCUT2D eigenvalue weighted by atomic mass is 10.1. The predicted octanol–water partition coefficient (Wildman–Crippen LogP) is 2.19. The highest BCUT2D eigenvalue weighted by Crippen LogP contribution is 2.32. The number of nitrogens with two attached hydrogens (primary N) is 1. The van der Waals surface area contributed by atoms with Gasteiger partial charge in [-0.1, -0.05) is 11.6 Å². The first-order valence-corrected chi connectivity index (χ1v) is 4.76. The highest BCUT2D eigenvalue weighted by Gasteiger charge is 2.08. The van der Waals surface area contributed by atoms with Crippen molar-refractivity contribution in [2.45, 2.75) is 6.92 Å². The minimum absolute atomic E-state index is 0.0534. The maximum absolute atomic E-state index is 9.68. The fourth-order valence-corrected chi connectivity index (χ4v) is 1.67. The Morgan fingerprint density at radius 2 is 2.20 bits per heavy atom. The number of aromatic nitrogens is 1. The number of nitrogens with zero attached hydrogens (tertiary/aromatic N) is 1. The molecule has 1 heterocycles. The number of nitrogen functional groups attached to an aromatic ring is 1. The van der Waals surface area contributed by atoms with Crippen LogP contribution in [0.5, 0.6) is 5.75 Å². The zero-order valence-corrected chi connectivity index (χ0v) is 8.84. The number of nitrogens with one attached hydrogen (secondary N) is 1. The van der Waals surface area contributed by atoms with Gasteiger partial charge in [-0.05, 0) is 24.6 Å². The minimum Gasteiger partial charge on any atom is -0.506 e. The van der Waals surface area contributed by atoms with Crippen LogP contribution in [0.2, 0.25) is 5.02 Å². The Kier molecular flexibility index (Phi) is 2.38. The fraction of sp³-hybridized carbons (Fsp3) is 0.100. The van der Waals surface area contributed by atoms with Gasteiger partial charge in [0, 0.05) is 16.5 Å². The van der Waals surface area contributed by atoms with E-state index in [2.05, 4.69) is 10.4 Å². The Bertz CT molecular complexity index is 528. The molecule has 2 aromatic rings. The van der Waals surface area contributed by atoms with Gasteiger partial charge in [0.25, 0.3) is 0 Å². The molecule has 0 spiro atoms. The van der Waals surface area contributed by atoms with Crippen LogP contribution in [0.15, 0.2) is 18.2 Å². The molecule has 1 aromatic heterocycles. The maximum Gasteiger partial charge on any atom is 0.143 e. The Balaban J connectivity index is 2.84. The first-order valence-electron chi connectivity index (χ1n) is 4.39. The van der Waals surface area contributed by atoms with Gasteiger partial charge in [-0.25, -0.2) is 10.8 Å². The van der Waals surface area contributed by atoms with E-state index in [9.17, 15) is 5.11 Å². The number of phenolic OH excluding ortho intramolecular Hbond substituents is 1. The van der Waals surface area contributed by atoms with Gasteiger partial charge in [0.15, 0.2) is 0 Å². The van der Waals surface area contributed by atoms with Crippen LogP contribution in [0.3, 0.4) is 0 Å². The number of phenols is 1. The van der Waals surface area contributed by atoms with Crippen molar-refractivity contribution in [3.8, 4) is 5.75 Å². The molecule has 5 heteroatoms. The van der Waals surface area contributed by atoms with Crippen LogP contribution in [-0.4, -0.2) is 10.1 Å². The summed E-state index contributed by atoms with van der Waals surface area (Å²) < 4.78 is 0. The second-order valence-electron chi connectivity index (χ2n) is 3.24. The standard InChI is InChI=1S/C10H10ClN3O/c1-5-6-2-3-9(14-12)13-10(6)8(15)4-7(5)11/h2-4,15H,12H2,1H3,(H,13,14). The van der Waals surface area contributed by atoms with Crippen molar-refractivity contribution >= 4 is 28.3 Å². The number of rotatable bonds is 1. The van der Waals surface area contributed by atoms with Crippen LogP contribution < -0.4 is 11.3 Å². The number of hydrazine groups is 1. The number of hydrogen-bond acceptors (Lipinski definition) is 4. The molecular weight excluding hydrogens is 214 g/mol. The van der Waals surface area contributed by atoms with Crippen molar-refractivity contribution in [3.63, 3.8) is 0 Å². The Labute approximate surface area is 91.7 Å². The number of aryl methyl sites for hydroxylation is 1. The van der Waals surface area contributed by atoms with Crippen LogP contribution in [0.1, 0.15) is 5.56 Å². The van der Waals surface area contributed by atoms with E-state index in [4.69, 9.17) is 17.4 Å². The Hall–Kier alpha value is -1.52. The molecule has 0 amide bonds. The van der Waals surface area contributed by atoms with Crippen LogP contribution in [-0.2, 0) is 0 Å². The molecule has 0 fully saturated rings. The summed E-state index contributed by atoms with van der Waals surface area (Å²) in [6, 6.07) is 5.02. The van der Waals surface area contributed by atoms with Gasteiger partial charge in [-0.3, -0.25) is 0 Å². The maximum atomic E-state index is 9.68. The Morgan fingerprint density at radius 3 is 2.87 bits per heavy atom. The lowest BCUT2D eigenvalue weighted by Crippen LogP contribution is -2.08. The molecular formula is C10H10ClN3O. The second kappa shape index (κ2) is 3.56. The lowest BCUT2D eigenvalue weighted by molar-refractivity contribution is 0.480. The zero-order valence-electron chi connectivity index (χ0n) is 8.08. The highest BCUT2D eigenvalue weighted by molar-refractivity contribution is 6.32. The summed E-state index contributed by atoms with van der Waals surface area (Å²) in [5.41, 5.74) is 3.81. The van der Waals surface area contributed by atoms with Crippen LogP contribution >= 0.6 is 11.6 Å². The normalized spacial score (nSPS) is 10.6. The van der Waals surface area contributed by atoms with Gasteiger partial charge in [-0.2, -0.15) is 0 Å². The summed E-state index contributed by atoms with van der Waals surface area (Å²) in [5, 5.41) is 11.0. The molecule has 78 valence electrons. The quantitative estimate of drug-likeness (QED) is 0.512. The van der Waals surface area contributed by atoms with Crippen LogP contribution in [0.25, 0.3) is 10.9 Å². The van der Waals surface area contributed by atoms with Crippen molar-refractivity contribution in [2.24, 2.45) is 5.84 Å². The number of halogens is 1. The van der Waals surface area contributed by atoms with Gasteiger partial charge < -0.3 is 10.5 Å². The molecule has 0 aliphatic carbocycles. The van der Waals surface area contributed by atoms with Crippen LogP contribution in [0, 0.1) is 6.92 Å². The van der Waals surface area contributed by atoms with E-state index in [1.54, 1.807) is 6.07 Å². The van der Waals surface area contributed by atoms with E-state index in [1.807, 2.05) is 13.0 Å². The molecule has 0 bridgehead atoms. The van der Waals surface area contributed by atoms with E-state index in [-0.39, 0.29) is 5.75 Å². The molecule has 4 nitrogen and oxygen atoms in total. The van der Waals surface area contributed by atoms with Gasteiger partial charge >= 0.3 is 0 Å². The van der Waals surface area contributed by atoms with Gasteiger partial charge in [-0.15, -0.1) is 0 Å². The number of fused-ring (bicyclic) bond motifs is 1. The topological polar surface area (TPSA) is 71.2 Å². The summed E-state index contributed by atoms with van der Waals surface area (Å²) in [6.07, 6.45) is 0. The minimum atomic E-state index is 0.0534. The Morgan fingerprint density at radius 1 is 1.47 bits per heavy atom. The molecule has 0 aliphatic heterocycles. The largest absolute Gasteiger partial charge is 0.506 e. The third-order valence-electron chi connectivity index (χ3n) is 2.31. The van der Waals surface area contributed by atoms with Gasteiger partial charge in [0.2, 0.25) is 0 Å². The van der Waals surface area contributed by atoms with Crippen molar-refractivity contribution in [2.75, 3.05) is 5.43 Å². The fourth-order valence-electron chi connectivity index (χ4n) is 1.46. The first-order chi connectivity index (χ1) is 7.13. The van der Waals surface area contributed by atoms with E-state index < -0.39 is 0 Å². The lowest BCUT2D eigenvalue weighted by Gasteiger charge is -2.07. The number of anilines is 1. The summed E-state index contributed by atoms with van der Waals surface area (Å²) in [7, 11) is 0. The van der Waals surface area contributed by atoms with Crippen LogP contribution in [0.4, 0.5) is 5.82 Å². The van der Waals surface area contributed by atoms with E-state index in [0.717, 1.165) is 10.9 Å². The molecule has 0 unspecified atom stereocenters. The molecule has 4 N–H and O–H groups in total. The second-order valence-corrected chi connectivity index (χ2v) is 3.65. The number of pyridine rings is 1. The summed E-state index contributed by atoms with van der Waals surface area (Å²) in [6.45, 7) is 1.88. The molecule has 0 atom stereocenters. The van der Waals surface area contributed by atoms with E-state index in [0.29, 0.717) is 16.4 Å². The molecule has 0 saturated carbocycles. The van der Waals surface area contributed by atoms with Crippen molar-refractivity contribution in [1.29, 1.82) is 0 Å². The van der Waals surface area contributed by atoms with Gasteiger partial charge in [0.1, 0.15) is 17.1 Å². The molecule has 1 aromatic carbocycles. The first kappa shape index (κ1) is 10.0. The summed E-state index contributed by atoms with van der Waals surface area (Å²) >= 11 is 5.94. The van der Waals surface area contributed by atoms with E-state index in [1.165, 1.54) is 6.07 Å². The molecule has 15 heavy (non-hydrogen) atoms. The smallest absolute Gasteiger partial charge is 0.143 e. The molecule has 0 aliphatic rings. The molecule has 0 saturated heterocycles. The predicted molar refractivity (Wildman–Crippen MR) is 61.0 cm³/mol. The van der Waals surface area contributed by atoms with Crippen molar-refractivity contribution in [3.05, 3.63) is 28.8 Å². The third-order valence-corrected chi connectivity index (χ3v) is 2.70. The monoisotopic (exact) mass is 223 g/mol. The summed E-state index contributed by atoms with van der Waals surface area (Å²) in [5.74, 6) is 5.79.